The van der Waals surface area contributed by atoms with E-state index in [4.69, 9.17) is 0 Å². The third kappa shape index (κ3) is 1.52. The second kappa shape index (κ2) is 3.83. The number of thiophene rings is 1. The number of hydrogen-bond donors (Lipinski definition) is 0. The fourth-order valence-corrected chi connectivity index (χ4v) is 2.99. The average molecular weight is 239 g/mol. The molecule has 1 aromatic rings. The predicted octanol–water partition coefficient (Wildman–Crippen LogP) is 1.82. The van der Waals surface area contributed by atoms with Crippen molar-refractivity contribution in [3.63, 3.8) is 0 Å². The molecule has 0 fully saturated rings. The van der Waals surface area contributed by atoms with E-state index >= 15 is 0 Å². The van der Waals surface area contributed by atoms with Crippen molar-refractivity contribution in [3.05, 3.63) is 27.3 Å². The molecule has 1 aliphatic heterocycles. The fourth-order valence-electron chi connectivity index (χ4n) is 1.44. The van der Waals surface area contributed by atoms with Gasteiger partial charge in [0.1, 0.15) is 0 Å². The van der Waals surface area contributed by atoms with E-state index in [0.717, 1.165) is 4.88 Å². The number of rotatable bonds is 2. The zero-order valence-electron chi connectivity index (χ0n) is 8.31. The Morgan fingerprint density at radius 1 is 1.33 bits per heavy atom. The first-order valence-corrected chi connectivity index (χ1v) is 6.41. The first-order valence-electron chi connectivity index (χ1n) is 4.31. The normalized spacial score (nSPS) is 16.8. The highest BCUT2D eigenvalue weighted by Crippen LogP contribution is 2.35. The van der Waals surface area contributed by atoms with E-state index in [1.165, 1.54) is 35.0 Å². The molecule has 0 N–H and O–H groups in total. The monoisotopic (exact) mass is 239 g/mol. The number of amides is 2. The molecule has 3 nitrogen and oxygen atoms in total. The van der Waals surface area contributed by atoms with Crippen LogP contribution in [0, 0.1) is 0 Å². The number of carbonyl (C=O) groups is 2. The molecule has 0 aliphatic carbocycles. The van der Waals surface area contributed by atoms with Gasteiger partial charge in [-0.1, -0.05) is 6.07 Å². The third-order valence-corrected chi connectivity index (χ3v) is 3.89. The molecule has 0 radical (unpaired) electrons. The lowest BCUT2D eigenvalue weighted by Gasteiger charge is -2.05. The van der Waals surface area contributed by atoms with E-state index < -0.39 is 0 Å². The van der Waals surface area contributed by atoms with Gasteiger partial charge >= 0.3 is 0 Å². The zero-order valence-corrected chi connectivity index (χ0v) is 9.95. The van der Waals surface area contributed by atoms with Crippen molar-refractivity contribution in [2.75, 3.05) is 13.3 Å². The van der Waals surface area contributed by atoms with Crippen molar-refractivity contribution in [2.24, 2.45) is 0 Å². The molecular formula is C10H9NO2S2. The van der Waals surface area contributed by atoms with Crippen LogP contribution in [0.5, 0.6) is 0 Å². The van der Waals surface area contributed by atoms with Gasteiger partial charge in [0.15, 0.2) is 0 Å². The van der Waals surface area contributed by atoms with E-state index in [2.05, 4.69) is 0 Å². The van der Waals surface area contributed by atoms with Gasteiger partial charge in [0.25, 0.3) is 11.8 Å². The Morgan fingerprint density at radius 2 is 2.07 bits per heavy atom. The Balaban J connectivity index is 2.56. The lowest BCUT2D eigenvalue weighted by molar-refractivity contribution is -0.134. The Kier molecular flexibility index (Phi) is 2.67. The van der Waals surface area contributed by atoms with Gasteiger partial charge in [-0.05, 0) is 17.7 Å². The molecule has 15 heavy (non-hydrogen) atoms. The van der Waals surface area contributed by atoms with E-state index in [-0.39, 0.29) is 11.8 Å². The summed E-state index contributed by atoms with van der Waals surface area (Å²) in [6.07, 6.45) is 1.81. The summed E-state index contributed by atoms with van der Waals surface area (Å²) >= 11 is 2.80. The number of nitrogens with zero attached hydrogens (tertiary/aromatic N) is 1. The maximum Gasteiger partial charge on any atom is 0.267 e. The Hall–Kier alpha value is -1.07. The first-order chi connectivity index (χ1) is 7.16. The minimum absolute atomic E-state index is 0.198. The van der Waals surface area contributed by atoms with Crippen LogP contribution in [0.1, 0.15) is 4.88 Å². The Labute approximate surface area is 95.8 Å². The summed E-state index contributed by atoms with van der Waals surface area (Å²) in [5.74, 6) is -0.400. The summed E-state index contributed by atoms with van der Waals surface area (Å²) in [6.45, 7) is 0. The first kappa shape index (κ1) is 10.4. The number of carbonyl (C=O) groups excluding carboxylic acids is 2. The smallest absolute Gasteiger partial charge is 0.267 e. The van der Waals surface area contributed by atoms with Gasteiger partial charge in [0.05, 0.1) is 10.5 Å². The number of imide groups is 1. The molecule has 2 heterocycles. The van der Waals surface area contributed by atoms with Crippen LogP contribution in [-0.4, -0.2) is 30.0 Å². The molecule has 0 saturated heterocycles. The van der Waals surface area contributed by atoms with Crippen LogP contribution in [0.25, 0.3) is 5.57 Å². The Bertz CT molecular complexity index is 448. The van der Waals surface area contributed by atoms with Crippen LogP contribution in [0.4, 0.5) is 0 Å². The summed E-state index contributed by atoms with van der Waals surface area (Å²) < 4.78 is 0. The fraction of sp³-hybridized carbons (Fsp3) is 0.200. The van der Waals surface area contributed by atoms with Gasteiger partial charge in [-0.15, -0.1) is 23.1 Å². The molecule has 1 aromatic heterocycles. The summed E-state index contributed by atoms with van der Waals surface area (Å²) in [5, 5.41) is 1.90. The van der Waals surface area contributed by atoms with E-state index in [1.807, 2.05) is 23.8 Å². The highest BCUT2D eigenvalue weighted by Gasteiger charge is 2.36. The van der Waals surface area contributed by atoms with Gasteiger partial charge < -0.3 is 0 Å². The average Bonchev–Trinajstić information content (AvgIpc) is 2.81. The topological polar surface area (TPSA) is 37.4 Å². The zero-order chi connectivity index (χ0) is 11.0. The molecular weight excluding hydrogens is 230 g/mol. The largest absolute Gasteiger partial charge is 0.277 e. The number of likely N-dealkylation sites (N-methyl/N-ethyl adjacent to an activating group) is 1. The molecule has 1 aliphatic rings. The van der Waals surface area contributed by atoms with Crippen LogP contribution >= 0.6 is 23.1 Å². The maximum atomic E-state index is 11.8. The lowest BCUT2D eigenvalue weighted by Crippen LogP contribution is -2.26. The molecule has 0 aromatic carbocycles. The molecule has 2 amide bonds. The van der Waals surface area contributed by atoms with E-state index in [1.54, 1.807) is 0 Å². The molecule has 0 saturated carbocycles. The highest BCUT2D eigenvalue weighted by atomic mass is 32.2. The minimum atomic E-state index is -0.202. The standard InChI is InChI=1S/C10H9NO2S2/c1-11-9(12)7(6-4-3-5-15-6)8(14-2)10(11)13/h3-5H,1-2H3. The quantitative estimate of drug-likeness (QED) is 0.739. The van der Waals surface area contributed by atoms with Crippen LogP contribution in [0.2, 0.25) is 0 Å². The molecule has 5 heteroatoms. The van der Waals surface area contributed by atoms with Gasteiger partial charge in [0, 0.05) is 11.9 Å². The van der Waals surface area contributed by atoms with Crippen LogP contribution in [0.15, 0.2) is 22.4 Å². The van der Waals surface area contributed by atoms with Gasteiger partial charge in [0.2, 0.25) is 0 Å². The Morgan fingerprint density at radius 3 is 2.60 bits per heavy atom. The van der Waals surface area contributed by atoms with Crippen LogP contribution < -0.4 is 0 Å². The molecule has 0 spiro atoms. The van der Waals surface area contributed by atoms with Crippen LogP contribution in [0.3, 0.4) is 0 Å². The highest BCUT2D eigenvalue weighted by molar-refractivity contribution is 8.03. The lowest BCUT2D eigenvalue weighted by atomic mass is 10.2. The van der Waals surface area contributed by atoms with E-state index in [9.17, 15) is 9.59 Å². The van der Waals surface area contributed by atoms with Gasteiger partial charge in [-0.25, -0.2) is 0 Å². The minimum Gasteiger partial charge on any atom is -0.277 e. The SMILES string of the molecule is CSC1=C(c2cccs2)C(=O)N(C)C1=O. The number of thioether (sulfide) groups is 1. The second-order valence-electron chi connectivity index (χ2n) is 3.05. The summed E-state index contributed by atoms with van der Waals surface area (Å²) in [5.41, 5.74) is 0.546. The molecule has 2 rings (SSSR count). The molecule has 0 unspecified atom stereocenters. The van der Waals surface area contributed by atoms with Crippen molar-refractivity contribution < 1.29 is 9.59 Å². The summed E-state index contributed by atoms with van der Waals surface area (Å²) in [6, 6.07) is 3.74. The molecule has 78 valence electrons. The van der Waals surface area contributed by atoms with Crippen molar-refractivity contribution >= 4 is 40.5 Å². The van der Waals surface area contributed by atoms with Crippen molar-refractivity contribution in [2.45, 2.75) is 0 Å². The summed E-state index contributed by atoms with van der Waals surface area (Å²) in [4.78, 5) is 26.1. The van der Waals surface area contributed by atoms with Crippen LogP contribution in [-0.2, 0) is 9.59 Å². The second-order valence-corrected chi connectivity index (χ2v) is 4.82. The maximum absolute atomic E-state index is 11.8. The van der Waals surface area contributed by atoms with Crippen molar-refractivity contribution in [1.29, 1.82) is 0 Å². The number of hydrogen-bond acceptors (Lipinski definition) is 4. The molecule has 0 atom stereocenters. The van der Waals surface area contributed by atoms with E-state index in [0.29, 0.717) is 10.5 Å². The predicted molar refractivity (Wildman–Crippen MR) is 62.5 cm³/mol. The van der Waals surface area contributed by atoms with Crippen molar-refractivity contribution in [3.8, 4) is 0 Å². The van der Waals surface area contributed by atoms with Gasteiger partial charge in [-0.2, -0.15) is 0 Å². The van der Waals surface area contributed by atoms with Crippen molar-refractivity contribution in [1.82, 2.24) is 4.90 Å². The molecule has 0 bridgehead atoms. The third-order valence-electron chi connectivity index (χ3n) is 2.22. The summed E-state index contributed by atoms with van der Waals surface area (Å²) in [7, 11) is 1.52. The van der Waals surface area contributed by atoms with Gasteiger partial charge in [-0.3, -0.25) is 14.5 Å².